The lowest BCUT2D eigenvalue weighted by Gasteiger charge is -2.15. The van der Waals surface area contributed by atoms with Crippen molar-refractivity contribution in [2.75, 3.05) is 12.4 Å². The van der Waals surface area contributed by atoms with Gasteiger partial charge in [0.2, 0.25) is 5.91 Å². The number of thiophene rings is 1. The topological polar surface area (TPSA) is 87.9 Å². The molecule has 0 spiro atoms. The van der Waals surface area contributed by atoms with Crippen molar-refractivity contribution in [3.63, 3.8) is 0 Å². The van der Waals surface area contributed by atoms with Gasteiger partial charge >= 0.3 is 0 Å². The molecule has 1 amide bonds. The van der Waals surface area contributed by atoms with Crippen LogP contribution < -0.4 is 10.1 Å². The maximum absolute atomic E-state index is 13.1. The highest BCUT2D eigenvalue weighted by atomic mass is 32.2. The Morgan fingerprint density at radius 2 is 1.77 bits per heavy atom. The number of amides is 1. The average molecular weight is 569 g/mol. The number of hydrogen-bond acceptors (Lipinski definition) is 8. The molecule has 5 rings (SSSR count). The number of methoxy groups -OCH3 is 1. The number of hydrogen-bond donors (Lipinski definition) is 1. The number of carbonyl (C=O) groups excluding carboxylic acids is 1. The SMILES string of the molecule is COc1ccc(-c2cc(-c3ccc(C)cc3)c(C#N)c(SC(C)C(=O)Nc3nc(-c4cccs4)cs3)n2)cc1. The first-order valence-corrected chi connectivity index (χ1v) is 14.7. The molecule has 2 aromatic carbocycles. The lowest BCUT2D eigenvalue weighted by molar-refractivity contribution is -0.115. The number of pyridine rings is 1. The number of nitriles is 1. The first kappa shape index (κ1) is 26.6. The minimum Gasteiger partial charge on any atom is -0.497 e. The monoisotopic (exact) mass is 568 g/mol. The molecule has 0 radical (unpaired) electrons. The fourth-order valence-electron chi connectivity index (χ4n) is 3.88. The van der Waals surface area contributed by atoms with E-state index in [1.165, 1.54) is 23.1 Å². The molecule has 5 aromatic rings. The van der Waals surface area contributed by atoms with Crippen LogP contribution in [0.1, 0.15) is 18.1 Å². The van der Waals surface area contributed by atoms with E-state index in [4.69, 9.17) is 9.72 Å². The van der Waals surface area contributed by atoms with Crippen LogP contribution in [0.15, 0.2) is 82.5 Å². The quantitative estimate of drug-likeness (QED) is 0.191. The molecular weight excluding hydrogens is 545 g/mol. The summed E-state index contributed by atoms with van der Waals surface area (Å²) in [5.74, 6) is 0.542. The van der Waals surface area contributed by atoms with Crippen LogP contribution in [-0.4, -0.2) is 28.2 Å². The number of ether oxygens (including phenoxy) is 1. The van der Waals surface area contributed by atoms with E-state index in [9.17, 15) is 10.1 Å². The number of aryl methyl sites for hydroxylation is 1. The summed E-state index contributed by atoms with van der Waals surface area (Å²) in [4.78, 5) is 23.6. The summed E-state index contributed by atoms with van der Waals surface area (Å²) in [6, 6.07) is 23.9. The summed E-state index contributed by atoms with van der Waals surface area (Å²) in [5, 5.41) is 17.6. The number of thiazole rings is 1. The Bertz CT molecular complexity index is 1640. The number of rotatable bonds is 8. The molecule has 194 valence electrons. The largest absolute Gasteiger partial charge is 0.497 e. The number of benzene rings is 2. The van der Waals surface area contributed by atoms with E-state index in [1.54, 1.807) is 18.4 Å². The third kappa shape index (κ3) is 6.04. The molecule has 0 saturated carbocycles. The van der Waals surface area contributed by atoms with E-state index in [-0.39, 0.29) is 5.91 Å². The number of carbonyl (C=O) groups is 1. The van der Waals surface area contributed by atoms with E-state index in [0.717, 1.165) is 38.6 Å². The van der Waals surface area contributed by atoms with Crippen molar-refractivity contribution < 1.29 is 9.53 Å². The van der Waals surface area contributed by atoms with Gasteiger partial charge in [-0.3, -0.25) is 4.79 Å². The molecule has 6 nitrogen and oxygen atoms in total. The molecule has 0 bridgehead atoms. The van der Waals surface area contributed by atoms with Gasteiger partial charge in [0.05, 0.1) is 34.2 Å². The van der Waals surface area contributed by atoms with Gasteiger partial charge in [0.1, 0.15) is 16.8 Å². The van der Waals surface area contributed by atoms with Gasteiger partial charge in [0.25, 0.3) is 0 Å². The van der Waals surface area contributed by atoms with Crippen LogP contribution in [0.5, 0.6) is 5.75 Å². The van der Waals surface area contributed by atoms with Crippen molar-refractivity contribution in [2.24, 2.45) is 0 Å². The van der Waals surface area contributed by atoms with Gasteiger partial charge in [0.15, 0.2) is 5.13 Å². The molecule has 39 heavy (non-hydrogen) atoms. The van der Waals surface area contributed by atoms with Crippen molar-refractivity contribution in [2.45, 2.75) is 24.1 Å². The molecule has 0 aliphatic rings. The zero-order valence-electron chi connectivity index (χ0n) is 21.5. The average Bonchev–Trinajstić information content (AvgIpc) is 3.66. The maximum atomic E-state index is 13.1. The van der Waals surface area contributed by atoms with E-state index in [2.05, 4.69) is 16.4 Å². The van der Waals surface area contributed by atoms with Crippen molar-refractivity contribution in [3.8, 4) is 44.8 Å². The zero-order chi connectivity index (χ0) is 27.4. The molecule has 3 heterocycles. The van der Waals surface area contributed by atoms with Crippen molar-refractivity contribution >= 4 is 45.5 Å². The van der Waals surface area contributed by atoms with Gasteiger partial charge in [-0.15, -0.1) is 22.7 Å². The maximum Gasteiger partial charge on any atom is 0.239 e. The summed E-state index contributed by atoms with van der Waals surface area (Å²) >= 11 is 4.25. The van der Waals surface area contributed by atoms with Crippen LogP contribution in [0.25, 0.3) is 33.0 Å². The van der Waals surface area contributed by atoms with Gasteiger partial charge in [-0.25, -0.2) is 9.97 Å². The number of aromatic nitrogens is 2. The number of thioether (sulfide) groups is 1. The second kappa shape index (κ2) is 11.8. The summed E-state index contributed by atoms with van der Waals surface area (Å²) in [6.45, 7) is 3.83. The van der Waals surface area contributed by atoms with Crippen LogP contribution in [-0.2, 0) is 4.79 Å². The third-order valence-corrected chi connectivity index (χ3v) is 8.75. The lowest BCUT2D eigenvalue weighted by atomic mass is 9.98. The summed E-state index contributed by atoms with van der Waals surface area (Å²) in [6.07, 6.45) is 0. The van der Waals surface area contributed by atoms with E-state index < -0.39 is 5.25 Å². The molecule has 1 unspecified atom stereocenters. The first-order chi connectivity index (χ1) is 18.9. The Kier molecular flexibility index (Phi) is 8.07. The van der Waals surface area contributed by atoms with Crippen LogP contribution in [0.3, 0.4) is 0 Å². The molecular formula is C30H24N4O2S3. The minimum absolute atomic E-state index is 0.204. The van der Waals surface area contributed by atoms with Gasteiger partial charge in [-0.2, -0.15) is 5.26 Å². The molecule has 0 fully saturated rings. The predicted octanol–water partition coefficient (Wildman–Crippen LogP) is 7.91. The zero-order valence-corrected chi connectivity index (χ0v) is 23.9. The third-order valence-electron chi connectivity index (χ3n) is 6.01. The van der Waals surface area contributed by atoms with Crippen LogP contribution in [0, 0.1) is 18.3 Å². The Hall–Kier alpha value is -3.97. The normalized spacial score (nSPS) is 11.5. The molecule has 0 aliphatic carbocycles. The highest BCUT2D eigenvalue weighted by Gasteiger charge is 2.22. The van der Waals surface area contributed by atoms with Gasteiger partial charge in [-0.1, -0.05) is 47.7 Å². The Balaban J connectivity index is 1.46. The number of anilines is 1. The van der Waals surface area contributed by atoms with Crippen LogP contribution in [0.2, 0.25) is 0 Å². The fourth-order valence-corrected chi connectivity index (χ4v) is 6.28. The molecule has 1 atom stereocenters. The van der Waals surface area contributed by atoms with Crippen molar-refractivity contribution in [1.29, 1.82) is 5.26 Å². The van der Waals surface area contributed by atoms with Gasteiger partial charge in [0, 0.05) is 16.5 Å². The first-order valence-electron chi connectivity index (χ1n) is 12.1. The summed E-state index contributed by atoms with van der Waals surface area (Å²) in [5.41, 5.74) is 5.69. The Morgan fingerprint density at radius 3 is 2.44 bits per heavy atom. The van der Waals surface area contributed by atoms with Crippen molar-refractivity contribution in [3.05, 3.63) is 88.6 Å². The molecule has 9 heteroatoms. The standard InChI is InChI=1S/C30H24N4O2S3/c1-18-6-8-20(9-7-18)23-15-25(21-10-12-22(36-3)13-11-21)32-29(24(23)16-31)39-19(2)28(35)34-30-33-26(17-38-30)27-5-4-14-37-27/h4-15,17,19H,1-3H3,(H,33,34,35). The Labute approximate surface area is 239 Å². The van der Waals surface area contributed by atoms with Crippen LogP contribution in [0.4, 0.5) is 5.13 Å². The lowest BCUT2D eigenvalue weighted by Crippen LogP contribution is -2.22. The second-order valence-electron chi connectivity index (χ2n) is 8.71. The fraction of sp³-hybridized carbons (Fsp3) is 0.133. The number of nitrogens with zero attached hydrogens (tertiary/aromatic N) is 3. The van der Waals surface area contributed by atoms with E-state index in [1.807, 2.05) is 91.3 Å². The van der Waals surface area contributed by atoms with E-state index >= 15 is 0 Å². The minimum atomic E-state index is -0.518. The second-order valence-corrected chi connectivity index (χ2v) is 11.8. The molecule has 3 aromatic heterocycles. The van der Waals surface area contributed by atoms with Gasteiger partial charge < -0.3 is 10.1 Å². The summed E-state index contributed by atoms with van der Waals surface area (Å²) in [7, 11) is 1.63. The van der Waals surface area contributed by atoms with E-state index in [0.29, 0.717) is 21.4 Å². The summed E-state index contributed by atoms with van der Waals surface area (Å²) < 4.78 is 5.30. The van der Waals surface area contributed by atoms with Crippen LogP contribution >= 0.6 is 34.4 Å². The molecule has 1 N–H and O–H groups in total. The molecule has 0 saturated heterocycles. The predicted molar refractivity (Wildman–Crippen MR) is 160 cm³/mol. The molecule has 0 aliphatic heterocycles. The Morgan fingerprint density at radius 1 is 1.03 bits per heavy atom. The highest BCUT2D eigenvalue weighted by Crippen LogP contribution is 2.37. The highest BCUT2D eigenvalue weighted by molar-refractivity contribution is 8.00. The van der Waals surface area contributed by atoms with Crippen molar-refractivity contribution in [1.82, 2.24) is 9.97 Å². The smallest absolute Gasteiger partial charge is 0.239 e. The van der Waals surface area contributed by atoms with Gasteiger partial charge in [-0.05, 0) is 61.2 Å². The number of nitrogens with one attached hydrogen (secondary N) is 1.